The summed E-state index contributed by atoms with van der Waals surface area (Å²) in [4.78, 5) is 16.0. The van der Waals surface area contributed by atoms with E-state index in [9.17, 15) is 10.1 Å². The lowest BCUT2D eigenvalue weighted by Gasteiger charge is -2.22. The molecule has 0 bridgehead atoms. The quantitative estimate of drug-likeness (QED) is 0.576. The van der Waals surface area contributed by atoms with Crippen LogP contribution in [0, 0.1) is 10.1 Å². The van der Waals surface area contributed by atoms with E-state index in [4.69, 9.17) is 5.11 Å². The molecule has 1 N–H and O–H groups in total. The molecule has 0 aromatic carbocycles. The average molecular weight is 226 g/mol. The lowest BCUT2D eigenvalue weighted by Crippen LogP contribution is -2.31. The van der Waals surface area contributed by atoms with Gasteiger partial charge in [0.15, 0.2) is 0 Å². The Hall–Kier alpha value is -1.63. The highest BCUT2D eigenvalue weighted by Gasteiger charge is 2.35. The Morgan fingerprint density at radius 1 is 1.75 bits per heavy atom. The van der Waals surface area contributed by atoms with Crippen molar-refractivity contribution in [1.82, 2.24) is 9.55 Å². The zero-order valence-electron chi connectivity index (χ0n) is 9.04. The van der Waals surface area contributed by atoms with Crippen molar-refractivity contribution in [3.05, 3.63) is 16.4 Å². The van der Waals surface area contributed by atoms with Gasteiger partial charge in [-0.3, -0.25) is 4.57 Å². The summed E-state index contributed by atoms with van der Waals surface area (Å²) in [5, 5.41) is 19.8. The SMILES string of the molecule is Cn1cnc([N+](=O)[O-])c1N(CCO)C1CC1. The monoisotopic (exact) mass is 226 g/mol. The fraction of sp³-hybridized carbons (Fsp3) is 0.667. The molecule has 0 atom stereocenters. The molecule has 2 rings (SSSR count). The number of hydrogen-bond acceptors (Lipinski definition) is 5. The van der Waals surface area contributed by atoms with E-state index >= 15 is 0 Å². The molecule has 0 unspecified atom stereocenters. The average Bonchev–Trinajstić information content (AvgIpc) is 2.99. The third kappa shape index (κ3) is 1.85. The Labute approximate surface area is 92.5 Å². The van der Waals surface area contributed by atoms with Gasteiger partial charge in [-0.2, -0.15) is 0 Å². The summed E-state index contributed by atoms with van der Waals surface area (Å²) < 4.78 is 1.63. The van der Waals surface area contributed by atoms with Crippen LogP contribution in [-0.2, 0) is 7.05 Å². The second kappa shape index (κ2) is 4.09. The Morgan fingerprint density at radius 2 is 2.44 bits per heavy atom. The summed E-state index contributed by atoms with van der Waals surface area (Å²) in [6.07, 6.45) is 3.46. The number of aryl methyl sites for hydroxylation is 1. The summed E-state index contributed by atoms with van der Waals surface area (Å²) >= 11 is 0. The molecule has 1 saturated carbocycles. The fourth-order valence-electron chi connectivity index (χ4n) is 1.83. The largest absolute Gasteiger partial charge is 0.406 e. The number of nitrogens with zero attached hydrogens (tertiary/aromatic N) is 4. The van der Waals surface area contributed by atoms with Gasteiger partial charge in [-0.15, -0.1) is 0 Å². The second-order valence-corrected chi connectivity index (χ2v) is 3.91. The summed E-state index contributed by atoms with van der Waals surface area (Å²) in [7, 11) is 1.72. The van der Waals surface area contributed by atoms with Crippen molar-refractivity contribution in [3.63, 3.8) is 0 Å². The van der Waals surface area contributed by atoms with E-state index in [2.05, 4.69) is 4.98 Å². The predicted molar refractivity (Wildman–Crippen MR) is 57.3 cm³/mol. The number of anilines is 1. The van der Waals surface area contributed by atoms with Crippen LogP contribution in [0.5, 0.6) is 0 Å². The van der Waals surface area contributed by atoms with Crippen molar-refractivity contribution < 1.29 is 10.0 Å². The van der Waals surface area contributed by atoms with Crippen molar-refractivity contribution in [2.75, 3.05) is 18.1 Å². The third-order valence-corrected chi connectivity index (χ3v) is 2.66. The van der Waals surface area contributed by atoms with Gasteiger partial charge in [0, 0.05) is 19.6 Å². The zero-order chi connectivity index (χ0) is 11.7. The van der Waals surface area contributed by atoms with Gasteiger partial charge in [-0.25, -0.2) is 0 Å². The number of rotatable bonds is 5. The first-order valence-electron chi connectivity index (χ1n) is 5.18. The number of imidazole rings is 1. The molecular weight excluding hydrogens is 212 g/mol. The third-order valence-electron chi connectivity index (χ3n) is 2.66. The predicted octanol–water partition coefficient (Wildman–Crippen LogP) is 0.289. The Balaban J connectivity index is 2.34. The maximum Gasteiger partial charge on any atom is 0.406 e. The maximum atomic E-state index is 10.8. The van der Waals surface area contributed by atoms with Crippen LogP contribution >= 0.6 is 0 Å². The molecular formula is C9H14N4O3. The number of aromatic nitrogens is 2. The molecule has 7 nitrogen and oxygen atoms in total. The van der Waals surface area contributed by atoms with Gasteiger partial charge in [0.05, 0.1) is 6.61 Å². The lowest BCUT2D eigenvalue weighted by atomic mass is 10.4. The van der Waals surface area contributed by atoms with Gasteiger partial charge in [-0.05, 0) is 22.7 Å². The molecule has 0 amide bonds. The first-order chi connectivity index (χ1) is 7.65. The second-order valence-electron chi connectivity index (χ2n) is 3.91. The Morgan fingerprint density at radius 3 is 2.94 bits per heavy atom. The summed E-state index contributed by atoms with van der Waals surface area (Å²) in [5.41, 5.74) is 0. The number of aliphatic hydroxyl groups excluding tert-OH is 1. The van der Waals surface area contributed by atoms with Crippen LogP contribution in [0.1, 0.15) is 12.8 Å². The number of hydrogen-bond donors (Lipinski definition) is 1. The highest BCUT2D eigenvalue weighted by molar-refractivity contribution is 5.56. The van der Waals surface area contributed by atoms with E-state index in [0.29, 0.717) is 18.4 Å². The Kier molecular flexibility index (Phi) is 2.78. The molecule has 7 heteroatoms. The Bertz CT molecular complexity index is 399. The smallest absolute Gasteiger partial charge is 0.395 e. The van der Waals surface area contributed by atoms with Crippen LogP contribution in [0.15, 0.2) is 6.33 Å². The summed E-state index contributed by atoms with van der Waals surface area (Å²) in [6, 6.07) is 0.307. The molecule has 0 radical (unpaired) electrons. The highest BCUT2D eigenvalue weighted by Crippen LogP contribution is 2.35. The van der Waals surface area contributed by atoms with Crippen LogP contribution in [-0.4, -0.2) is 38.8 Å². The molecule has 1 fully saturated rings. The van der Waals surface area contributed by atoms with Gasteiger partial charge in [0.1, 0.15) is 0 Å². The minimum Gasteiger partial charge on any atom is -0.395 e. The van der Waals surface area contributed by atoms with Gasteiger partial charge in [0.2, 0.25) is 12.1 Å². The topological polar surface area (TPSA) is 84.4 Å². The summed E-state index contributed by atoms with van der Waals surface area (Å²) in [5.74, 6) is 0.351. The van der Waals surface area contributed by atoms with Crippen LogP contribution in [0.2, 0.25) is 0 Å². The molecule has 1 aromatic heterocycles. The van der Waals surface area contributed by atoms with Crippen molar-refractivity contribution in [2.24, 2.45) is 7.05 Å². The summed E-state index contributed by atoms with van der Waals surface area (Å²) in [6.45, 7) is 0.393. The van der Waals surface area contributed by atoms with Gasteiger partial charge >= 0.3 is 5.82 Å². The van der Waals surface area contributed by atoms with E-state index in [1.54, 1.807) is 11.6 Å². The van der Waals surface area contributed by atoms with Crippen LogP contribution in [0.4, 0.5) is 11.6 Å². The van der Waals surface area contributed by atoms with Crippen LogP contribution in [0.3, 0.4) is 0 Å². The van der Waals surface area contributed by atoms with Crippen molar-refractivity contribution in [2.45, 2.75) is 18.9 Å². The highest BCUT2D eigenvalue weighted by atomic mass is 16.6. The van der Waals surface area contributed by atoms with Crippen molar-refractivity contribution in [1.29, 1.82) is 0 Å². The molecule has 1 aromatic rings. The van der Waals surface area contributed by atoms with E-state index < -0.39 is 4.92 Å². The molecule has 16 heavy (non-hydrogen) atoms. The maximum absolute atomic E-state index is 10.8. The molecule has 0 spiro atoms. The number of aliphatic hydroxyl groups is 1. The van der Waals surface area contributed by atoms with E-state index in [0.717, 1.165) is 12.8 Å². The normalized spacial score (nSPS) is 15.1. The molecule has 0 saturated heterocycles. The molecule has 88 valence electrons. The zero-order valence-corrected chi connectivity index (χ0v) is 9.04. The molecule has 1 heterocycles. The van der Waals surface area contributed by atoms with E-state index in [-0.39, 0.29) is 12.4 Å². The van der Waals surface area contributed by atoms with E-state index in [1.165, 1.54) is 6.33 Å². The number of nitro groups is 1. The van der Waals surface area contributed by atoms with Gasteiger partial charge in [-0.1, -0.05) is 0 Å². The van der Waals surface area contributed by atoms with Gasteiger partial charge < -0.3 is 20.1 Å². The van der Waals surface area contributed by atoms with Crippen molar-refractivity contribution in [3.8, 4) is 0 Å². The van der Waals surface area contributed by atoms with Crippen LogP contribution in [0.25, 0.3) is 0 Å². The minimum atomic E-state index is -0.484. The minimum absolute atomic E-state index is 0.0150. The fourth-order valence-corrected chi connectivity index (χ4v) is 1.83. The molecule has 0 aliphatic heterocycles. The molecule has 1 aliphatic carbocycles. The lowest BCUT2D eigenvalue weighted by molar-refractivity contribution is -0.388. The van der Waals surface area contributed by atoms with Crippen LogP contribution < -0.4 is 4.90 Å². The van der Waals surface area contributed by atoms with Crippen molar-refractivity contribution >= 4 is 11.6 Å². The molecule has 1 aliphatic rings. The van der Waals surface area contributed by atoms with E-state index in [1.807, 2.05) is 4.90 Å². The van der Waals surface area contributed by atoms with Gasteiger partial charge in [0.25, 0.3) is 0 Å². The standard InChI is InChI=1S/C9H14N4O3/c1-11-6-10-8(13(15)16)9(11)12(4-5-14)7-2-3-7/h6-7,14H,2-5H2,1H3. The first kappa shape index (κ1) is 10.9. The first-order valence-corrected chi connectivity index (χ1v) is 5.18.